The van der Waals surface area contributed by atoms with Crippen molar-refractivity contribution in [2.75, 3.05) is 0 Å². The highest BCUT2D eigenvalue weighted by Gasteiger charge is 2.08. The molecule has 0 aromatic rings. The van der Waals surface area contributed by atoms with Gasteiger partial charge < -0.3 is 4.79 Å². The second kappa shape index (κ2) is 3.58. The third kappa shape index (κ3) is 2.72. The van der Waals surface area contributed by atoms with Crippen molar-refractivity contribution in [1.82, 2.24) is 0 Å². The number of aldehydes is 1. The Morgan fingerprint density at radius 2 is 2.12 bits per heavy atom. The Morgan fingerprint density at radius 1 is 1.62 bits per heavy atom. The van der Waals surface area contributed by atoms with E-state index >= 15 is 0 Å². The summed E-state index contributed by atoms with van der Waals surface area (Å²) >= 11 is 0. The zero-order chi connectivity index (χ0) is 6.57. The first kappa shape index (κ1) is 7.60. The predicted molar refractivity (Wildman–Crippen MR) is 30.4 cm³/mol. The van der Waals surface area contributed by atoms with E-state index < -0.39 is 6.17 Å². The van der Waals surface area contributed by atoms with Crippen LogP contribution in [0.25, 0.3) is 0 Å². The number of carbonyl (C=O) groups excluding carboxylic acids is 1. The second-order valence-electron chi connectivity index (χ2n) is 2.06. The maximum Gasteiger partial charge on any atom is 0.120 e. The molecule has 0 aliphatic heterocycles. The van der Waals surface area contributed by atoms with Gasteiger partial charge in [0, 0.05) is 6.42 Å². The maximum atomic E-state index is 12.1. The molecule has 2 unspecified atom stereocenters. The molecule has 2 heteroatoms. The molecule has 2 atom stereocenters. The lowest BCUT2D eigenvalue weighted by Crippen LogP contribution is -2.07. The highest BCUT2D eigenvalue weighted by atomic mass is 19.1. The number of alkyl halides is 1. The van der Waals surface area contributed by atoms with Crippen molar-refractivity contribution in [3.05, 3.63) is 0 Å². The van der Waals surface area contributed by atoms with Crippen molar-refractivity contribution >= 4 is 6.29 Å². The first-order valence-corrected chi connectivity index (χ1v) is 2.76. The number of carbonyl (C=O) groups is 1. The van der Waals surface area contributed by atoms with Gasteiger partial charge in [-0.25, -0.2) is 4.39 Å². The molecule has 0 heterocycles. The largest absolute Gasteiger partial charge is 0.303 e. The van der Waals surface area contributed by atoms with E-state index in [-0.39, 0.29) is 5.92 Å². The van der Waals surface area contributed by atoms with Gasteiger partial charge in [0.05, 0.1) is 0 Å². The van der Waals surface area contributed by atoms with E-state index in [2.05, 4.69) is 0 Å². The minimum absolute atomic E-state index is 0.118. The monoisotopic (exact) mass is 118 g/mol. The van der Waals surface area contributed by atoms with Gasteiger partial charge in [-0.2, -0.15) is 0 Å². The molecule has 48 valence electrons. The smallest absolute Gasteiger partial charge is 0.120 e. The third-order valence-corrected chi connectivity index (χ3v) is 1.25. The minimum atomic E-state index is -0.861. The summed E-state index contributed by atoms with van der Waals surface area (Å²) in [7, 11) is 0. The fraction of sp³-hybridized carbons (Fsp3) is 0.833. The molecule has 0 amide bonds. The molecule has 0 rings (SSSR count). The van der Waals surface area contributed by atoms with Crippen LogP contribution in [0.5, 0.6) is 0 Å². The summed E-state index contributed by atoms with van der Waals surface area (Å²) in [5.41, 5.74) is 0. The van der Waals surface area contributed by atoms with Crippen molar-refractivity contribution in [2.24, 2.45) is 5.92 Å². The molecule has 0 N–H and O–H groups in total. The molecular formula is C6H11FO. The average molecular weight is 118 g/mol. The molecule has 0 aliphatic carbocycles. The van der Waals surface area contributed by atoms with E-state index in [1.54, 1.807) is 6.92 Å². The highest BCUT2D eigenvalue weighted by Crippen LogP contribution is 2.08. The zero-order valence-corrected chi connectivity index (χ0v) is 5.23. The molecule has 0 radical (unpaired) electrons. The molecule has 0 saturated carbocycles. The van der Waals surface area contributed by atoms with Crippen LogP contribution in [0.4, 0.5) is 4.39 Å². The van der Waals surface area contributed by atoms with Crippen LogP contribution < -0.4 is 0 Å². The van der Waals surface area contributed by atoms with Gasteiger partial charge >= 0.3 is 0 Å². The van der Waals surface area contributed by atoms with Crippen LogP contribution >= 0.6 is 0 Å². The maximum absolute atomic E-state index is 12.1. The Bertz CT molecular complexity index is 70.9. The summed E-state index contributed by atoms with van der Waals surface area (Å²) in [5, 5.41) is 0. The van der Waals surface area contributed by atoms with E-state index in [1.165, 1.54) is 6.92 Å². The van der Waals surface area contributed by atoms with E-state index in [1.807, 2.05) is 0 Å². The normalized spacial score (nSPS) is 17.4. The predicted octanol–water partition coefficient (Wildman–Crippen LogP) is 1.57. The molecular weight excluding hydrogens is 107 g/mol. The number of hydrogen-bond acceptors (Lipinski definition) is 1. The summed E-state index contributed by atoms with van der Waals surface area (Å²) in [4.78, 5) is 9.75. The van der Waals surface area contributed by atoms with Crippen LogP contribution in [0.15, 0.2) is 0 Å². The Labute approximate surface area is 48.9 Å². The summed E-state index contributed by atoms with van der Waals surface area (Å²) in [6, 6.07) is 0. The van der Waals surface area contributed by atoms with Crippen molar-refractivity contribution in [3.8, 4) is 0 Å². The summed E-state index contributed by atoms with van der Waals surface area (Å²) in [6.07, 6.45) is 0.221. The SMILES string of the molecule is CC(F)C(C)CC=O. The quantitative estimate of drug-likeness (QED) is 0.514. The average Bonchev–Trinajstić information content (AvgIpc) is 1.67. The van der Waals surface area contributed by atoms with E-state index in [0.29, 0.717) is 6.42 Å². The van der Waals surface area contributed by atoms with Crippen molar-refractivity contribution < 1.29 is 9.18 Å². The van der Waals surface area contributed by atoms with Crippen LogP contribution in [-0.4, -0.2) is 12.5 Å². The van der Waals surface area contributed by atoms with Gasteiger partial charge in [-0.1, -0.05) is 6.92 Å². The van der Waals surface area contributed by atoms with Crippen LogP contribution in [-0.2, 0) is 4.79 Å². The van der Waals surface area contributed by atoms with Crippen molar-refractivity contribution in [2.45, 2.75) is 26.4 Å². The molecule has 8 heavy (non-hydrogen) atoms. The Morgan fingerprint density at radius 3 is 2.25 bits per heavy atom. The minimum Gasteiger partial charge on any atom is -0.303 e. The molecule has 0 fully saturated rings. The molecule has 1 nitrogen and oxygen atoms in total. The highest BCUT2D eigenvalue weighted by molar-refractivity contribution is 5.49. The molecule has 0 aromatic carbocycles. The van der Waals surface area contributed by atoms with Crippen LogP contribution in [0.3, 0.4) is 0 Å². The Hall–Kier alpha value is -0.400. The fourth-order valence-electron chi connectivity index (χ4n) is 0.339. The van der Waals surface area contributed by atoms with Crippen molar-refractivity contribution in [3.63, 3.8) is 0 Å². The number of halogens is 1. The Kier molecular flexibility index (Phi) is 3.40. The lowest BCUT2D eigenvalue weighted by Gasteiger charge is -2.06. The van der Waals surface area contributed by atoms with Gasteiger partial charge in [0.1, 0.15) is 12.5 Å². The van der Waals surface area contributed by atoms with Gasteiger partial charge in [0.15, 0.2) is 0 Å². The van der Waals surface area contributed by atoms with E-state index in [0.717, 1.165) is 6.29 Å². The van der Waals surface area contributed by atoms with E-state index in [9.17, 15) is 9.18 Å². The topological polar surface area (TPSA) is 17.1 Å². The molecule has 0 aliphatic rings. The van der Waals surface area contributed by atoms with Gasteiger partial charge in [0.25, 0.3) is 0 Å². The molecule has 0 spiro atoms. The van der Waals surface area contributed by atoms with Crippen LogP contribution in [0.1, 0.15) is 20.3 Å². The van der Waals surface area contributed by atoms with Crippen LogP contribution in [0, 0.1) is 5.92 Å². The lowest BCUT2D eigenvalue weighted by molar-refractivity contribution is -0.108. The fourth-order valence-corrected chi connectivity index (χ4v) is 0.339. The summed E-state index contributed by atoms with van der Waals surface area (Å²) in [6.45, 7) is 3.19. The van der Waals surface area contributed by atoms with Gasteiger partial charge in [0.2, 0.25) is 0 Å². The molecule has 0 saturated heterocycles. The molecule has 0 aromatic heterocycles. The number of hydrogen-bond donors (Lipinski definition) is 0. The zero-order valence-electron chi connectivity index (χ0n) is 5.23. The Balaban J connectivity index is 3.30. The summed E-state index contributed by atoms with van der Waals surface area (Å²) < 4.78 is 12.1. The standard InChI is InChI=1S/C6H11FO/c1-5(3-4-8)6(2)7/h4-6H,3H2,1-2H3. The lowest BCUT2D eigenvalue weighted by atomic mass is 10.1. The van der Waals surface area contributed by atoms with Gasteiger partial charge in [-0.15, -0.1) is 0 Å². The third-order valence-electron chi connectivity index (χ3n) is 1.25. The first-order chi connectivity index (χ1) is 3.68. The van der Waals surface area contributed by atoms with Crippen molar-refractivity contribution in [1.29, 1.82) is 0 Å². The first-order valence-electron chi connectivity index (χ1n) is 2.76. The van der Waals surface area contributed by atoms with Gasteiger partial charge in [-0.3, -0.25) is 0 Å². The number of rotatable bonds is 3. The summed E-state index contributed by atoms with van der Waals surface area (Å²) in [5.74, 6) is -0.118. The van der Waals surface area contributed by atoms with Gasteiger partial charge in [-0.05, 0) is 12.8 Å². The van der Waals surface area contributed by atoms with E-state index in [4.69, 9.17) is 0 Å². The van der Waals surface area contributed by atoms with Crippen LogP contribution in [0.2, 0.25) is 0 Å². The second-order valence-corrected chi connectivity index (χ2v) is 2.06. The molecule has 0 bridgehead atoms.